The third-order valence-corrected chi connectivity index (χ3v) is 2.88. The van der Waals surface area contributed by atoms with E-state index in [4.69, 9.17) is 0 Å². The van der Waals surface area contributed by atoms with Gasteiger partial charge in [-0.05, 0) is 37.8 Å². The van der Waals surface area contributed by atoms with Crippen LogP contribution in [0.4, 0.5) is 0 Å². The van der Waals surface area contributed by atoms with Crippen molar-refractivity contribution in [3.8, 4) is 0 Å². The molecule has 0 spiro atoms. The molecule has 0 aromatic rings. The van der Waals surface area contributed by atoms with Crippen LogP contribution in [0.5, 0.6) is 0 Å². The molecule has 0 aromatic carbocycles. The lowest BCUT2D eigenvalue weighted by Gasteiger charge is -2.23. The van der Waals surface area contributed by atoms with E-state index in [2.05, 4.69) is 19.2 Å². The van der Waals surface area contributed by atoms with E-state index in [9.17, 15) is 0 Å². The third kappa shape index (κ3) is 2.78. The summed E-state index contributed by atoms with van der Waals surface area (Å²) in [4.78, 5) is 0. The van der Waals surface area contributed by atoms with Crippen LogP contribution in [0.1, 0.15) is 46.0 Å². The summed E-state index contributed by atoms with van der Waals surface area (Å²) in [6.07, 6.45) is 7.22. The van der Waals surface area contributed by atoms with Crippen LogP contribution in [-0.4, -0.2) is 13.1 Å². The van der Waals surface area contributed by atoms with Crippen molar-refractivity contribution in [2.75, 3.05) is 13.1 Å². The molecule has 1 N–H and O–H groups in total. The second kappa shape index (κ2) is 5.58. The molecular weight excluding hydrogens is 146 g/mol. The normalized spacial score (nSPS) is 33.5. The van der Waals surface area contributed by atoms with Gasteiger partial charge in [0.25, 0.3) is 0 Å². The van der Waals surface area contributed by atoms with Crippen LogP contribution >= 0.6 is 0 Å². The van der Waals surface area contributed by atoms with Crippen molar-refractivity contribution in [2.24, 2.45) is 11.8 Å². The highest BCUT2D eigenvalue weighted by molar-refractivity contribution is 4.83. The maximum atomic E-state index is 3.46. The zero-order valence-electron chi connectivity index (χ0n) is 8.60. The lowest BCUT2D eigenvalue weighted by atomic mass is 9.82. The number of hydrogen-bond donors (Lipinski definition) is 1. The van der Waals surface area contributed by atoms with Gasteiger partial charge in [0, 0.05) is 0 Å². The molecule has 2 aliphatic rings. The van der Waals surface area contributed by atoms with Gasteiger partial charge >= 0.3 is 0 Å². The highest BCUT2D eigenvalue weighted by atomic mass is 14.9. The minimum Gasteiger partial charge on any atom is -0.316 e. The van der Waals surface area contributed by atoms with Crippen molar-refractivity contribution >= 4 is 0 Å². The molecule has 2 rings (SSSR count). The zero-order chi connectivity index (χ0) is 8.81. The van der Waals surface area contributed by atoms with Crippen molar-refractivity contribution < 1.29 is 0 Å². The van der Waals surface area contributed by atoms with Gasteiger partial charge in [-0.3, -0.25) is 0 Å². The van der Waals surface area contributed by atoms with Gasteiger partial charge in [0.15, 0.2) is 0 Å². The van der Waals surface area contributed by atoms with E-state index in [1.54, 1.807) is 0 Å². The molecule has 1 aliphatic carbocycles. The molecule has 1 heterocycles. The van der Waals surface area contributed by atoms with Crippen molar-refractivity contribution in [3.05, 3.63) is 0 Å². The van der Waals surface area contributed by atoms with Crippen molar-refractivity contribution in [1.82, 2.24) is 5.32 Å². The van der Waals surface area contributed by atoms with Gasteiger partial charge in [0.2, 0.25) is 0 Å². The summed E-state index contributed by atoms with van der Waals surface area (Å²) >= 11 is 0. The van der Waals surface area contributed by atoms with Crippen LogP contribution in [0.15, 0.2) is 0 Å². The van der Waals surface area contributed by atoms with Gasteiger partial charge in [-0.2, -0.15) is 0 Å². The topological polar surface area (TPSA) is 12.0 Å². The first-order valence-electron chi connectivity index (χ1n) is 5.59. The molecule has 0 amide bonds. The van der Waals surface area contributed by atoms with E-state index in [1.165, 1.54) is 45.2 Å². The Labute approximate surface area is 76.9 Å². The second-order valence-electron chi connectivity index (χ2n) is 4.17. The fourth-order valence-corrected chi connectivity index (χ4v) is 2.28. The number of fused-ring (bicyclic) bond motifs is 1. The van der Waals surface area contributed by atoms with Crippen molar-refractivity contribution in [3.63, 3.8) is 0 Å². The van der Waals surface area contributed by atoms with E-state index >= 15 is 0 Å². The van der Waals surface area contributed by atoms with Crippen LogP contribution in [0.2, 0.25) is 0 Å². The Bertz CT molecular complexity index is 99.6. The summed E-state index contributed by atoms with van der Waals surface area (Å²) in [5, 5.41) is 3.46. The SMILES string of the molecule is C1CCC2CNCC2C1.CCC. The van der Waals surface area contributed by atoms with Gasteiger partial charge < -0.3 is 5.32 Å². The van der Waals surface area contributed by atoms with Crippen LogP contribution < -0.4 is 5.32 Å². The average Bonchev–Trinajstić information content (AvgIpc) is 2.52. The number of rotatable bonds is 0. The summed E-state index contributed by atoms with van der Waals surface area (Å²) < 4.78 is 0. The number of nitrogens with one attached hydrogen (secondary N) is 1. The molecule has 12 heavy (non-hydrogen) atoms. The number of hydrogen-bond acceptors (Lipinski definition) is 1. The van der Waals surface area contributed by atoms with Crippen LogP contribution in [-0.2, 0) is 0 Å². The van der Waals surface area contributed by atoms with E-state index in [1.807, 2.05) is 0 Å². The maximum Gasteiger partial charge on any atom is -0.00173 e. The van der Waals surface area contributed by atoms with Crippen LogP contribution in [0.3, 0.4) is 0 Å². The van der Waals surface area contributed by atoms with Gasteiger partial charge in [-0.1, -0.05) is 33.1 Å². The average molecular weight is 169 g/mol. The van der Waals surface area contributed by atoms with Crippen molar-refractivity contribution in [1.29, 1.82) is 0 Å². The zero-order valence-corrected chi connectivity index (χ0v) is 8.60. The molecule has 1 saturated heterocycles. The van der Waals surface area contributed by atoms with Gasteiger partial charge in [0.05, 0.1) is 0 Å². The summed E-state index contributed by atoms with van der Waals surface area (Å²) in [5.41, 5.74) is 0. The molecule has 2 atom stereocenters. The minimum absolute atomic E-state index is 1.05. The lowest BCUT2D eigenvalue weighted by molar-refractivity contribution is 0.299. The first-order valence-corrected chi connectivity index (χ1v) is 5.59. The highest BCUT2D eigenvalue weighted by Gasteiger charge is 2.28. The Balaban J connectivity index is 0.000000213. The molecule has 0 aromatic heterocycles. The molecular formula is C11H23N. The van der Waals surface area contributed by atoms with Gasteiger partial charge in [-0.25, -0.2) is 0 Å². The molecule has 1 nitrogen and oxygen atoms in total. The lowest BCUT2D eigenvalue weighted by Crippen LogP contribution is -2.16. The fraction of sp³-hybridized carbons (Fsp3) is 1.00. The van der Waals surface area contributed by atoms with Crippen LogP contribution in [0, 0.1) is 11.8 Å². The smallest absolute Gasteiger partial charge is 0.00173 e. The molecule has 2 fully saturated rings. The predicted molar refractivity (Wildman–Crippen MR) is 54.3 cm³/mol. The second-order valence-corrected chi connectivity index (χ2v) is 4.17. The van der Waals surface area contributed by atoms with E-state index in [-0.39, 0.29) is 0 Å². The summed E-state index contributed by atoms with van der Waals surface area (Å²) in [7, 11) is 0. The van der Waals surface area contributed by atoms with E-state index in [0.29, 0.717) is 0 Å². The van der Waals surface area contributed by atoms with E-state index < -0.39 is 0 Å². The minimum atomic E-state index is 1.05. The quantitative estimate of drug-likeness (QED) is 0.588. The molecule has 1 heteroatoms. The largest absolute Gasteiger partial charge is 0.316 e. The summed E-state index contributed by atoms with van der Waals surface area (Å²) in [5.74, 6) is 2.11. The van der Waals surface area contributed by atoms with Gasteiger partial charge in [-0.15, -0.1) is 0 Å². The van der Waals surface area contributed by atoms with Crippen LogP contribution in [0.25, 0.3) is 0 Å². The summed E-state index contributed by atoms with van der Waals surface area (Å²) in [6, 6.07) is 0. The molecule has 1 saturated carbocycles. The van der Waals surface area contributed by atoms with Gasteiger partial charge in [0.1, 0.15) is 0 Å². The monoisotopic (exact) mass is 169 g/mol. The maximum absolute atomic E-state index is 3.46. The first-order chi connectivity index (χ1) is 5.88. The standard InChI is InChI=1S/C8H15N.C3H8/c1-2-4-8-6-9-5-7(8)3-1;1-3-2/h7-9H,1-6H2;3H2,1-2H3. The molecule has 0 radical (unpaired) electrons. The Kier molecular flexibility index (Phi) is 4.67. The molecule has 0 bridgehead atoms. The Morgan fingerprint density at radius 3 is 1.83 bits per heavy atom. The predicted octanol–water partition coefficient (Wildman–Crippen LogP) is 2.81. The van der Waals surface area contributed by atoms with Crippen molar-refractivity contribution in [2.45, 2.75) is 46.0 Å². The fourth-order valence-electron chi connectivity index (χ4n) is 2.28. The molecule has 1 aliphatic heterocycles. The van der Waals surface area contributed by atoms with E-state index in [0.717, 1.165) is 11.8 Å². The molecule has 2 unspecified atom stereocenters. The Morgan fingerprint density at radius 2 is 1.42 bits per heavy atom. The Hall–Kier alpha value is -0.0400. The Morgan fingerprint density at radius 1 is 1.00 bits per heavy atom. The third-order valence-electron chi connectivity index (χ3n) is 2.88. The molecule has 72 valence electrons. The first kappa shape index (κ1) is 10.0. The summed E-state index contributed by atoms with van der Waals surface area (Å²) in [6.45, 7) is 6.87. The highest BCUT2D eigenvalue weighted by Crippen LogP contribution is 2.31.